The first-order chi connectivity index (χ1) is 5.77. The standard InChI is InChI=1S/C7H9ClN4/c8-6-5(9)7(11-3-10-6)12-4-1-2-4/h3-4H,1-2,9H2,(H,10,11,12). The molecule has 1 aromatic rings. The molecule has 0 atom stereocenters. The lowest BCUT2D eigenvalue weighted by atomic mass is 10.5. The van der Waals surface area contributed by atoms with Gasteiger partial charge in [-0.2, -0.15) is 0 Å². The average molecular weight is 185 g/mol. The number of nitrogens with one attached hydrogen (secondary N) is 1. The van der Waals surface area contributed by atoms with Gasteiger partial charge in [0.15, 0.2) is 11.0 Å². The zero-order valence-corrected chi connectivity index (χ0v) is 7.17. The van der Waals surface area contributed by atoms with Crippen LogP contribution in [0.15, 0.2) is 6.33 Å². The van der Waals surface area contributed by atoms with Crippen LogP contribution in [0.4, 0.5) is 11.5 Å². The van der Waals surface area contributed by atoms with Crippen molar-refractivity contribution in [3.05, 3.63) is 11.5 Å². The summed E-state index contributed by atoms with van der Waals surface area (Å²) >= 11 is 5.70. The molecule has 0 unspecified atom stereocenters. The molecule has 0 radical (unpaired) electrons. The molecule has 3 N–H and O–H groups in total. The maximum Gasteiger partial charge on any atom is 0.157 e. The third kappa shape index (κ3) is 1.43. The molecule has 1 heterocycles. The Labute approximate surface area is 75.2 Å². The predicted molar refractivity (Wildman–Crippen MR) is 48.1 cm³/mol. The Bertz CT molecular complexity index is 297. The van der Waals surface area contributed by atoms with Crippen LogP contribution in [0.5, 0.6) is 0 Å². The normalized spacial score (nSPS) is 16.1. The summed E-state index contributed by atoms with van der Waals surface area (Å²) in [5.41, 5.74) is 6.08. The highest BCUT2D eigenvalue weighted by Crippen LogP contribution is 2.28. The van der Waals surface area contributed by atoms with Gasteiger partial charge in [0.2, 0.25) is 0 Å². The van der Waals surface area contributed by atoms with Gasteiger partial charge in [0.1, 0.15) is 12.0 Å². The Hall–Kier alpha value is -1.03. The average Bonchev–Trinajstić information content (AvgIpc) is 2.83. The monoisotopic (exact) mass is 184 g/mol. The largest absolute Gasteiger partial charge is 0.393 e. The summed E-state index contributed by atoms with van der Waals surface area (Å²) < 4.78 is 0. The van der Waals surface area contributed by atoms with Crippen molar-refractivity contribution >= 4 is 23.1 Å². The molecule has 2 rings (SSSR count). The van der Waals surface area contributed by atoms with Crippen molar-refractivity contribution in [3.63, 3.8) is 0 Å². The van der Waals surface area contributed by atoms with Crippen LogP contribution in [-0.4, -0.2) is 16.0 Å². The molecule has 1 fully saturated rings. The van der Waals surface area contributed by atoms with Crippen LogP contribution in [0.2, 0.25) is 5.15 Å². The van der Waals surface area contributed by atoms with Crippen molar-refractivity contribution in [2.75, 3.05) is 11.1 Å². The molecule has 0 spiro atoms. The zero-order valence-electron chi connectivity index (χ0n) is 6.42. The smallest absolute Gasteiger partial charge is 0.157 e. The summed E-state index contributed by atoms with van der Waals surface area (Å²) in [4.78, 5) is 7.74. The van der Waals surface area contributed by atoms with Gasteiger partial charge < -0.3 is 11.1 Å². The van der Waals surface area contributed by atoms with E-state index in [9.17, 15) is 0 Å². The first-order valence-corrected chi connectivity index (χ1v) is 4.17. The van der Waals surface area contributed by atoms with Crippen LogP contribution >= 0.6 is 11.6 Å². The lowest BCUT2D eigenvalue weighted by Crippen LogP contribution is -2.06. The second kappa shape index (κ2) is 2.79. The van der Waals surface area contributed by atoms with Crippen LogP contribution in [0, 0.1) is 0 Å². The van der Waals surface area contributed by atoms with E-state index in [0.717, 1.165) is 0 Å². The minimum absolute atomic E-state index is 0.313. The summed E-state index contributed by atoms with van der Waals surface area (Å²) in [5, 5.41) is 3.48. The van der Waals surface area contributed by atoms with Gasteiger partial charge in [0, 0.05) is 6.04 Å². The summed E-state index contributed by atoms with van der Waals surface area (Å²) in [6, 6.07) is 0.526. The molecule has 0 amide bonds. The third-order valence-corrected chi connectivity index (χ3v) is 2.05. The second-order valence-corrected chi connectivity index (χ2v) is 3.20. The van der Waals surface area contributed by atoms with Gasteiger partial charge in [0.05, 0.1) is 0 Å². The molecule has 0 aromatic carbocycles. The number of nitrogen functional groups attached to an aromatic ring is 1. The van der Waals surface area contributed by atoms with Crippen molar-refractivity contribution in [1.82, 2.24) is 9.97 Å². The highest BCUT2D eigenvalue weighted by Gasteiger charge is 2.22. The van der Waals surface area contributed by atoms with Gasteiger partial charge in [-0.05, 0) is 12.8 Å². The van der Waals surface area contributed by atoms with Crippen molar-refractivity contribution < 1.29 is 0 Å². The maximum absolute atomic E-state index is 5.70. The topological polar surface area (TPSA) is 63.8 Å². The number of nitrogens with two attached hydrogens (primary N) is 1. The van der Waals surface area contributed by atoms with E-state index in [2.05, 4.69) is 15.3 Å². The van der Waals surface area contributed by atoms with Crippen molar-refractivity contribution in [2.45, 2.75) is 18.9 Å². The van der Waals surface area contributed by atoms with E-state index in [4.69, 9.17) is 17.3 Å². The highest BCUT2D eigenvalue weighted by atomic mass is 35.5. The SMILES string of the molecule is Nc1c(Cl)ncnc1NC1CC1. The molecule has 12 heavy (non-hydrogen) atoms. The van der Waals surface area contributed by atoms with Gasteiger partial charge in [-0.25, -0.2) is 9.97 Å². The molecule has 5 heteroatoms. The predicted octanol–water partition coefficient (Wildman–Crippen LogP) is 1.29. The Morgan fingerprint density at radius 2 is 2.25 bits per heavy atom. The lowest BCUT2D eigenvalue weighted by Gasteiger charge is -2.06. The first kappa shape index (κ1) is 7.61. The van der Waals surface area contributed by atoms with Crippen molar-refractivity contribution in [1.29, 1.82) is 0 Å². The Morgan fingerprint density at radius 1 is 1.50 bits per heavy atom. The van der Waals surface area contributed by atoms with E-state index < -0.39 is 0 Å². The van der Waals surface area contributed by atoms with Crippen molar-refractivity contribution in [3.8, 4) is 0 Å². The summed E-state index contributed by atoms with van der Waals surface area (Å²) in [6.07, 6.45) is 3.77. The minimum atomic E-state index is 0.313. The summed E-state index contributed by atoms with van der Waals surface area (Å²) in [5.74, 6) is 0.650. The molecule has 4 nitrogen and oxygen atoms in total. The quantitative estimate of drug-likeness (QED) is 0.680. The zero-order chi connectivity index (χ0) is 8.55. The Balaban J connectivity index is 2.23. The lowest BCUT2D eigenvalue weighted by molar-refractivity contribution is 1.08. The highest BCUT2D eigenvalue weighted by molar-refractivity contribution is 6.32. The van der Waals surface area contributed by atoms with Gasteiger partial charge in [-0.15, -0.1) is 0 Å². The van der Waals surface area contributed by atoms with Crippen LogP contribution in [-0.2, 0) is 0 Å². The van der Waals surface area contributed by atoms with Crippen molar-refractivity contribution in [2.24, 2.45) is 0 Å². The Kier molecular flexibility index (Phi) is 1.77. The molecule has 1 saturated carbocycles. The maximum atomic E-state index is 5.70. The third-order valence-electron chi connectivity index (χ3n) is 1.75. The molecular weight excluding hydrogens is 176 g/mol. The number of halogens is 1. The number of anilines is 2. The van der Waals surface area contributed by atoms with Crippen LogP contribution in [0.25, 0.3) is 0 Å². The molecule has 0 saturated heterocycles. The van der Waals surface area contributed by atoms with E-state index in [1.54, 1.807) is 0 Å². The molecule has 1 aliphatic rings. The number of aromatic nitrogens is 2. The number of hydrogen-bond acceptors (Lipinski definition) is 4. The molecule has 1 aliphatic carbocycles. The fraction of sp³-hybridized carbons (Fsp3) is 0.429. The molecule has 64 valence electrons. The van der Waals surface area contributed by atoms with Crippen LogP contribution < -0.4 is 11.1 Å². The fourth-order valence-electron chi connectivity index (χ4n) is 0.910. The molecule has 0 bridgehead atoms. The molecular formula is C7H9ClN4. The van der Waals surface area contributed by atoms with E-state index in [1.807, 2.05) is 0 Å². The molecule has 1 aromatic heterocycles. The van der Waals surface area contributed by atoms with Gasteiger partial charge in [-0.3, -0.25) is 0 Å². The number of rotatable bonds is 2. The fourth-order valence-corrected chi connectivity index (χ4v) is 1.04. The van der Waals surface area contributed by atoms with E-state index >= 15 is 0 Å². The molecule has 0 aliphatic heterocycles. The summed E-state index contributed by atoms with van der Waals surface area (Å²) in [6.45, 7) is 0. The van der Waals surface area contributed by atoms with E-state index in [-0.39, 0.29) is 0 Å². The minimum Gasteiger partial charge on any atom is -0.393 e. The summed E-state index contributed by atoms with van der Waals surface area (Å²) in [7, 11) is 0. The van der Waals surface area contributed by atoms with E-state index in [0.29, 0.717) is 22.7 Å². The van der Waals surface area contributed by atoms with Crippen LogP contribution in [0.3, 0.4) is 0 Å². The van der Waals surface area contributed by atoms with Gasteiger partial charge in [-0.1, -0.05) is 11.6 Å². The van der Waals surface area contributed by atoms with Crippen LogP contribution in [0.1, 0.15) is 12.8 Å². The number of hydrogen-bond donors (Lipinski definition) is 2. The van der Waals surface area contributed by atoms with Gasteiger partial charge in [0.25, 0.3) is 0 Å². The second-order valence-electron chi connectivity index (χ2n) is 2.85. The first-order valence-electron chi connectivity index (χ1n) is 3.80. The van der Waals surface area contributed by atoms with E-state index in [1.165, 1.54) is 19.2 Å². The Morgan fingerprint density at radius 3 is 2.92 bits per heavy atom. The van der Waals surface area contributed by atoms with Gasteiger partial charge >= 0.3 is 0 Å². The number of nitrogens with zero attached hydrogens (tertiary/aromatic N) is 2.